The first-order valence-corrected chi connectivity index (χ1v) is 16.0. The summed E-state index contributed by atoms with van der Waals surface area (Å²) < 4.78 is 67.9. The highest BCUT2D eigenvalue weighted by molar-refractivity contribution is 7.86. The molecule has 1 aliphatic rings. The standard InChI is InChI=1S/C28H34N2O8S2/c1-28(17-10-20-39(33,34)35)24-21-23(40(36,37)38)15-16-25(24)30(19-9-3-6-14-27(31)32)26(28)13-7-8-18-29-22-11-4-2-5-12-22/h2,4-5,7,11-13,15-16,18,21H,3,6,8-10,14,17,19-20H2,1H3,(H2-,31,32,33,34,35,36,37,38)/p+1. The minimum Gasteiger partial charge on any atom is -0.481 e. The van der Waals surface area contributed by atoms with Crippen molar-refractivity contribution in [2.24, 2.45) is 4.99 Å². The first kappa shape index (κ1) is 31.3. The third-order valence-corrected chi connectivity index (χ3v) is 8.53. The molecule has 1 unspecified atom stereocenters. The van der Waals surface area contributed by atoms with Crippen LogP contribution in [0, 0.1) is 0 Å². The molecule has 1 heterocycles. The van der Waals surface area contributed by atoms with Crippen LogP contribution in [0.2, 0.25) is 0 Å². The highest BCUT2D eigenvalue weighted by atomic mass is 32.2. The highest BCUT2D eigenvalue weighted by Crippen LogP contribution is 2.44. The maximum absolute atomic E-state index is 12.0. The van der Waals surface area contributed by atoms with Crippen LogP contribution in [0.4, 0.5) is 11.4 Å². The molecule has 0 fully saturated rings. The molecule has 0 saturated carbocycles. The number of benzene rings is 2. The summed E-state index contributed by atoms with van der Waals surface area (Å²) in [6, 6.07) is 13.8. The van der Waals surface area contributed by atoms with Gasteiger partial charge in [-0.05, 0) is 56.9 Å². The Kier molecular flexibility index (Phi) is 10.5. The van der Waals surface area contributed by atoms with Crippen molar-refractivity contribution in [3.63, 3.8) is 0 Å². The van der Waals surface area contributed by atoms with Crippen molar-refractivity contribution < 1.29 is 40.4 Å². The zero-order valence-corrected chi connectivity index (χ0v) is 23.9. The molecular weight excluding hydrogens is 556 g/mol. The van der Waals surface area contributed by atoms with E-state index in [1.54, 1.807) is 12.3 Å². The lowest BCUT2D eigenvalue weighted by molar-refractivity contribution is -0.438. The molecule has 0 aromatic heterocycles. The molecule has 0 radical (unpaired) electrons. The number of nitrogens with zero attached hydrogens (tertiary/aromatic N) is 2. The molecule has 1 atom stereocenters. The van der Waals surface area contributed by atoms with E-state index in [-0.39, 0.29) is 24.2 Å². The summed E-state index contributed by atoms with van der Waals surface area (Å²) in [5.41, 5.74) is 2.11. The fraction of sp³-hybridized carbons (Fsp3) is 0.393. The van der Waals surface area contributed by atoms with Crippen LogP contribution >= 0.6 is 0 Å². The molecule has 40 heavy (non-hydrogen) atoms. The predicted molar refractivity (Wildman–Crippen MR) is 154 cm³/mol. The van der Waals surface area contributed by atoms with Crippen molar-refractivity contribution in [2.45, 2.75) is 62.2 Å². The number of aliphatic carboxylic acids is 1. The molecule has 0 aliphatic carbocycles. The largest absolute Gasteiger partial charge is 0.481 e. The van der Waals surface area contributed by atoms with E-state index in [1.165, 1.54) is 12.1 Å². The van der Waals surface area contributed by atoms with Crippen LogP contribution in [0.1, 0.15) is 57.4 Å². The van der Waals surface area contributed by atoms with Crippen LogP contribution in [0.15, 0.2) is 70.6 Å². The van der Waals surface area contributed by atoms with E-state index in [4.69, 9.17) is 5.11 Å². The number of fused-ring (bicyclic) bond motifs is 1. The summed E-state index contributed by atoms with van der Waals surface area (Å²) in [6.07, 6.45) is 8.40. The second-order valence-electron chi connectivity index (χ2n) is 9.90. The normalized spacial score (nSPS) is 17.7. The lowest BCUT2D eigenvalue weighted by atomic mass is 9.75. The summed E-state index contributed by atoms with van der Waals surface area (Å²) >= 11 is 0. The molecular formula is C28H35N2O8S2+. The van der Waals surface area contributed by atoms with E-state index in [2.05, 4.69) is 4.99 Å². The van der Waals surface area contributed by atoms with Crippen LogP contribution in [-0.2, 0) is 30.4 Å². The van der Waals surface area contributed by atoms with Gasteiger partial charge in [0.1, 0.15) is 6.54 Å². The number of aliphatic imine (C=N–C) groups is 1. The lowest BCUT2D eigenvalue weighted by Gasteiger charge is -2.22. The van der Waals surface area contributed by atoms with Gasteiger partial charge in [-0.2, -0.15) is 21.4 Å². The first-order valence-electron chi connectivity index (χ1n) is 13.0. The second-order valence-corrected chi connectivity index (χ2v) is 12.9. The Morgan fingerprint density at radius 3 is 2.38 bits per heavy atom. The number of hydrogen-bond acceptors (Lipinski definition) is 6. The number of para-hydroxylation sites is 1. The van der Waals surface area contributed by atoms with E-state index in [9.17, 15) is 30.7 Å². The van der Waals surface area contributed by atoms with Gasteiger partial charge in [-0.25, -0.2) is 0 Å². The van der Waals surface area contributed by atoms with Gasteiger partial charge in [-0.15, -0.1) is 0 Å². The second kappa shape index (κ2) is 13.4. The van der Waals surface area contributed by atoms with Crippen molar-refractivity contribution in [1.82, 2.24) is 0 Å². The third-order valence-electron chi connectivity index (χ3n) is 6.87. The average molecular weight is 592 g/mol. The van der Waals surface area contributed by atoms with Crippen LogP contribution in [0.25, 0.3) is 0 Å². The Bertz CT molecular complexity index is 1510. The molecule has 2 aromatic rings. The molecule has 216 valence electrons. The quantitative estimate of drug-likeness (QED) is 0.113. The maximum atomic E-state index is 12.0. The summed E-state index contributed by atoms with van der Waals surface area (Å²) in [7, 11) is -8.69. The summed E-state index contributed by atoms with van der Waals surface area (Å²) in [5.74, 6) is -1.31. The zero-order valence-electron chi connectivity index (χ0n) is 22.3. The van der Waals surface area contributed by atoms with Gasteiger partial charge in [0.2, 0.25) is 5.69 Å². The Balaban J connectivity index is 1.99. The van der Waals surface area contributed by atoms with Gasteiger partial charge >= 0.3 is 5.97 Å². The number of unbranched alkanes of at least 4 members (excludes halogenated alkanes) is 2. The number of carboxylic acid groups (broad SMARTS) is 1. The van der Waals surface area contributed by atoms with Crippen molar-refractivity contribution in [1.29, 1.82) is 0 Å². The fourth-order valence-corrected chi connectivity index (χ4v) is 5.96. The molecule has 0 bridgehead atoms. The molecule has 3 rings (SSSR count). The van der Waals surface area contributed by atoms with Crippen molar-refractivity contribution >= 4 is 49.5 Å². The Morgan fingerprint density at radius 2 is 1.73 bits per heavy atom. The molecule has 12 heteroatoms. The number of carbonyl (C=O) groups is 1. The zero-order chi connectivity index (χ0) is 29.4. The van der Waals surface area contributed by atoms with Gasteiger partial charge in [-0.1, -0.05) is 24.3 Å². The summed E-state index contributed by atoms with van der Waals surface area (Å²) in [6.45, 7) is 2.40. The lowest BCUT2D eigenvalue weighted by Crippen LogP contribution is -2.32. The van der Waals surface area contributed by atoms with E-state index in [0.29, 0.717) is 37.8 Å². The third kappa shape index (κ3) is 8.65. The minimum absolute atomic E-state index is 0.0683. The molecule has 3 N–H and O–H groups in total. The SMILES string of the molecule is CC1(CCCS(=O)(=O)O)C(C=CCC=Nc2ccccc2)=[N+](CCCCCC(=O)O)c2ccc(S(=O)(=O)O)cc21. The topological polar surface area (TPSA) is 161 Å². The van der Waals surface area contributed by atoms with E-state index in [1.807, 2.05) is 54.0 Å². The van der Waals surface area contributed by atoms with Gasteiger partial charge in [-0.3, -0.25) is 18.9 Å². The Morgan fingerprint density at radius 1 is 1.00 bits per heavy atom. The van der Waals surface area contributed by atoms with Crippen molar-refractivity contribution in [3.8, 4) is 0 Å². The number of hydrogen-bond donors (Lipinski definition) is 3. The Labute approximate surface area is 235 Å². The van der Waals surface area contributed by atoms with E-state index >= 15 is 0 Å². The molecule has 0 amide bonds. The van der Waals surface area contributed by atoms with Gasteiger partial charge in [0, 0.05) is 43.2 Å². The molecule has 1 aliphatic heterocycles. The van der Waals surface area contributed by atoms with E-state index < -0.39 is 37.4 Å². The van der Waals surface area contributed by atoms with Gasteiger partial charge in [0.05, 0.1) is 21.8 Å². The fourth-order valence-electron chi connectivity index (χ4n) is 4.94. The van der Waals surface area contributed by atoms with Gasteiger partial charge < -0.3 is 5.11 Å². The predicted octanol–water partition coefficient (Wildman–Crippen LogP) is 4.95. The van der Waals surface area contributed by atoms with Crippen LogP contribution in [-0.4, -0.2) is 65.8 Å². The maximum Gasteiger partial charge on any atom is 0.303 e. The Hall–Kier alpha value is -3.19. The number of rotatable bonds is 15. The molecule has 2 aromatic carbocycles. The first-order chi connectivity index (χ1) is 18.8. The van der Waals surface area contributed by atoms with Crippen LogP contribution < -0.4 is 0 Å². The van der Waals surface area contributed by atoms with Crippen LogP contribution in [0.3, 0.4) is 0 Å². The highest BCUT2D eigenvalue weighted by Gasteiger charge is 2.47. The van der Waals surface area contributed by atoms with Gasteiger partial charge in [0.15, 0.2) is 5.71 Å². The minimum atomic E-state index is -4.49. The van der Waals surface area contributed by atoms with Crippen molar-refractivity contribution in [3.05, 3.63) is 66.2 Å². The average Bonchev–Trinajstić information content (AvgIpc) is 3.10. The molecule has 0 saturated heterocycles. The van der Waals surface area contributed by atoms with Gasteiger partial charge in [0.25, 0.3) is 20.2 Å². The van der Waals surface area contributed by atoms with Crippen molar-refractivity contribution in [2.75, 3.05) is 12.3 Å². The number of allylic oxidation sites excluding steroid dienone is 2. The number of carboxylic acids is 1. The smallest absolute Gasteiger partial charge is 0.303 e. The molecule has 0 spiro atoms. The summed E-state index contributed by atoms with van der Waals surface area (Å²) in [5, 5.41) is 8.95. The van der Waals surface area contributed by atoms with E-state index in [0.717, 1.165) is 17.1 Å². The molecule has 10 nitrogen and oxygen atoms in total. The summed E-state index contributed by atoms with van der Waals surface area (Å²) in [4.78, 5) is 15.1. The monoisotopic (exact) mass is 591 g/mol. The van der Waals surface area contributed by atoms with Crippen LogP contribution in [0.5, 0.6) is 0 Å².